The lowest BCUT2D eigenvalue weighted by Gasteiger charge is -2.32. The molecule has 2 aliphatic rings. The van der Waals surface area contributed by atoms with E-state index in [1.54, 1.807) is 0 Å². The van der Waals surface area contributed by atoms with E-state index in [1.165, 1.54) is 19.4 Å². The third-order valence-electron chi connectivity index (χ3n) is 3.44. The Morgan fingerprint density at radius 3 is 2.36 bits per heavy atom. The summed E-state index contributed by atoms with van der Waals surface area (Å²) in [6.45, 7) is 1.33. The minimum absolute atomic E-state index is 0.871. The maximum Gasteiger partial charge on any atom is 0.0145 e. The Labute approximate surface area is 69.2 Å². The van der Waals surface area contributed by atoms with E-state index >= 15 is 0 Å². The molecule has 0 N–H and O–H groups in total. The number of nitrogens with zero attached hydrogens (tertiary/aromatic N) is 2. The van der Waals surface area contributed by atoms with Crippen LogP contribution in [0.3, 0.4) is 0 Å². The second-order valence-corrected chi connectivity index (χ2v) is 4.36. The molecule has 1 aliphatic heterocycles. The lowest BCUT2D eigenvalue weighted by molar-refractivity contribution is 0.157. The first kappa shape index (κ1) is 7.56. The first-order valence-corrected chi connectivity index (χ1v) is 4.55. The Balaban J connectivity index is 2.02. The van der Waals surface area contributed by atoms with Crippen LogP contribution in [0.15, 0.2) is 0 Å². The summed E-state index contributed by atoms with van der Waals surface area (Å²) >= 11 is 0. The Kier molecular flexibility index (Phi) is 1.69. The van der Waals surface area contributed by atoms with Crippen LogP contribution in [0.4, 0.5) is 0 Å². The summed E-state index contributed by atoms with van der Waals surface area (Å²) in [7, 11) is 6.69. The van der Waals surface area contributed by atoms with E-state index in [0.717, 1.165) is 18.0 Å². The van der Waals surface area contributed by atoms with Crippen molar-refractivity contribution in [1.29, 1.82) is 0 Å². The van der Waals surface area contributed by atoms with Crippen LogP contribution in [0, 0.1) is 5.92 Å². The van der Waals surface area contributed by atoms with Gasteiger partial charge < -0.3 is 9.80 Å². The van der Waals surface area contributed by atoms with Crippen molar-refractivity contribution in [3.05, 3.63) is 0 Å². The summed E-state index contributed by atoms with van der Waals surface area (Å²) in [6, 6.07) is 1.77. The van der Waals surface area contributed by atoms with Gasteiger partial charge in [-0.25, -0.2) is 0 Å². The van der Waals surface area contributed by atoms with Crippen LogP contribution >= 0.6 is 0 Å². The minimum atomic E-state index is 0.871. The summed E-state index contributed by atoms with van der Waals surface area (Å²) in [4.78, 5) is 4.92. The first-order valence-electron chi connectivity index (χ1n) is 4.55. The number of rotatable bonds is 1. The van der Waals surface area contributed by atoms with Gasteiger partial charge in [0.15, 0.2) is 0 Å². The van der Waals surface area contributed by atoms with Crippen molar-refractivity contribution < 1.29 is 0 Å². The van der Waals surface area contributed by atoms with Gasteiger partial charge in [0.25, 0.3) is 0 Å². The fraction of sp³-hybridized carbons (Fsp3) is 1.00. The molecule has 0 amide bonds. The molecule has 2 fully saturated rings. The van der Waals surface area contributed by atoms with Crippen molar-refractivity contribution in [2.45, 2.75) is 24.9 Å². The van der Waals surface area contributed by atoms with Gasteiger partial charge in [-0.05, 0) is 39.9 Å². The maximum atomic E-state index is 2.52. The molecule has 1 aliphatic carbocycles. The summed E-state index contributed by atoms with van der Waals surface area (Å²) < 4.78 is 0. The predicted molar refractivity (Wildman–Crippen MR) is 46.6 cm³/mol. The summed E-state index contributed by atoms with van der Waals surface area (Å²) in [6.07, 6.45) is 2.84. The molecule has 3 atom stereocenters. The van der Waals surface area contributed by atoms with Gasteiger partial charge in [-0.15, -0.1) is 0 Å². The van der Waals surface area contributed by atoms with Gasteiger partial charge in [0.05, 0.1) is 0 Å². The molecule has 2 rings (SSSR count). The van der Waals surface area contributed by atoms with Gasteiger partial charge >= 0.3 is 0 Å². The lowest BCUT2D eigenvalue weighted by atomic mass is 10.0. The number of likely N-dealkylation sites (tertiary alicyclic amines) is 1. The zero-order valence-electron chi connectivity index (χ0n) is 7.75. The van der Waals surface area contributed by atoms with Gasteiger partial charge in [-0.3, -0.25) is 0 Å². The van der Waals surface area contributed by atoms with Gasteiger partial charge in [0, 0.05) is 18.6 Å². The topological polar surface area (TPSA) is 6.48 Å². The zero-order chi connectivity index (χ0) is 8.01. The van der Waals surface area contributed by atoms with Crippen molar-refractivity contribution >= 4 is 0 Å². The highest BCUT2D eigenvalue weighted by molar-refractivity contribution is 4.99. The average Bonchev–Trinajstić information content (AvgIpc) is 2.43. The molecule has 64 valence electrons. The monoisotopic (exact) mass is 154 g/mol. The largest absolute Gasteiger partial charge is 0.306 e. The van der Waals surface area contributed by atoms with Crippen LogP contribution in [0.2, 0.25) is 0 Å². The fourth-order valence-corrected chi connectivity index (χ4v) is 2.78. The molecule has 0 aromatic rings. The smallest absolute Gasteiger partial charge is 0.0145 e. The Morgan fingerprint density at radius 1 is 1.27 bits per heavy atom. The zero-order valence-corrected chi connectivity index (χ0v) is 7.75. The molecule has 0 radical (unpaired) electrons. The van der Waals surface area contributed by atoms with Crippen LogP contribution < -0.4 is 0 Å². The van der Waals surface area contributed by atoms with E-state index in [-0.39, 0.29) is 0 Å². The first-order chi connectivity index (χ1) is 5.18. The molecule has 0 spiro atoms. The Bertz CT molecular complexity index is 154. The lowest BCUT2D eigenvalue weighted by Crippen LogP contribution is -2.41. The molecule has 2 heteroatoms. The highest BCUT2D eigenvalue weighted by atomic mass is 15.2. The summed E-state index contributed by atoms with van der Waals surface area (Å²) in [5, 5.41) is 0. The van der Waals surface area contributed by atoms with Crippen LogP contribution in [0.1, 0.15) is 12.8 Å². The summed E-state index contributed by atoms with van der Waals surface area (Å²) in [5.41, 5.74) is 0. The van der Waals surface area contributed by atoms with Crippen molar-refractivity contribution in [3.8, 4) is 0 Å². The summed E-state index contributed by atoms with van der Waals surface area (Å²) in [5.74, 6) is 0.958. The number of hydrogen-bond acceptors (Lipinski definition) is 2. The van der Waals surface area contributed by atoms with E-state index in [0.29, 0.717) is 0 Å². The third-order valence-corrected chi connectivity index (χ3v) is 3.44. The fourth-order valence-electron chi connectivity index (χ4n) is 2.78. The quantitative estimate of drug-likeness (QED) is 0.547. The van der Waals surface area contributed by atoms with E-state index in [9.17, 15) is 0 Å². The molecule has 2 nitrogen and oxygen atoms in total. The maximum absolute atomic E-state index is 2.52. The van der Waals surface area contributed by atoms with Gasteiger partial charge in [-0.2, -0.15) is 0 Å². The van der Waals surface area contributed by atoms with Gasteiger partial charge in [-0.1, -0.05) is 0 Å². The van der Waals surface area contributed by atoms with Crippen LogP contribution in [-0.4, -0.2) is 49.6 Å². The normalized spacial score (nSPS) is 44.2. The minimum Gasteiger partial charge on any atom is -0.306 e. The van der Waals surface area contributed by atoms with Crippen molar-refractivity contribution in [2.75, 3.05) is 27.7 Å². The molecular formula is C9H18N2. The standard InChI is InChI=1S/C9H18N2/c1-10(2)9-5-8-4-7(9)6-11(8)3/h7-9H,4-6H2,1-3H3. The highest BCUT2D eigenvalue weighted by Crippen LogP contribution is 2.38. The Hall–Kier alpha value is -0.0800. The number of fused-ring (bicyclic) bond motifs is 2. The molecule has 3 unspecified atom stereocenters. The SMILES string of the molecule is CN(C)C1CC2CC1CN2C. The molecule has 0 aromatic carbocycles. The molecule has 1 heterocycles. The van der Waals surface area contributed by atoms with Crippen molar-refractivity contribution in [3.63, 3.8) is 0 Å². The van der Waals surface area contributed by atoms with E-state index < -0.39 is 0 Å². The molecule has 0 aromatic heterocycles. The third kappa shape index (κ3) is 1.09. The van der Waals surface area contributed by atoms with E-state index in [4.69, 9.17) is 0 Å². The van der Waals surface area contributed by atoms with Crippen molar-refractivity contribution in [1.82, 2.24) is 9.80 Å². The van der Waals surface area contributed by atoms with E-state index in [1.807, 2.05) is 0 Å². The molecule has 1 saturated carbocycles. The van der Waals surface area contributed by atoms with Crippen LogP contribution in [0.5, 0.6) is 0 Å². The average molecular weight is 154 g/mol. The number of piperidine rings is 1. The van der Waals surface area contributed by atoms with Crippen LogP contribution in [-0.2, 0) is 0 Å². The second-order valence-electron chi connectivity index (χ2n) is 4.36. The van der Waals surface area contributed by atoms with Crippen LogP contribution in [0.25, 0.3) is 0 Å². The molecular weight excluding hydrogens is 136 g/mol. The highest BCUT2D eigenvalue weighted by Gasteiger charge is 2.43. The molecule has 11 heavy (non-hydrogen) atoms. The molecule has 2 bridgehead atoms. The van der Waals surface area contributed by atoms with Gasteiger partial charge in [0.2, 0.25) is 0 Å². The number of hydrogen-bond donors (Lipinski definition) is 0. The second kappa shape index (κ2) is 2.46. The van der Waals surface area contributed by atoms with E-state index in [2.05, 4.69) is 30.9 Å². The predicted octanol–water partition coefficient (Wildman–Crippen LogP) is 0.641. The molecule has 1 saturated heterocycles. The van der Waals surface area contributed by atoms with Crippen molar-refractivity contribution in [2.24, 2.45) is 5.92 Å². The Morgan fingerprint density at radius 2 is 2.00 bits per heavy atom. The van der Waals surface area contributed by atoms with Gasteiger partial charge in [0.1, 0.15) is 0 Å².